The van der Waals surface area contributed by atoms with Gasteiger partial charge in [-0.15, -0.1) is 0 Å². The van der Waals surface area contributed by atoms with Crippen molar-refractivity contribution in [2.45, 2.75) is 59.0 Å². The van der Waals surface area contributed by atoms with E-state index in [1.165, 1.54) is 4.57 Å². The van der Waals surface area contributed by atoms with Gasteiger partial charge in [0.1, 0.15) is 18.1 Å². The SMILES string of the molecule is Cc1cc(C(=O)N2Cc3c(C(=O)NCc4ccccc4-c4cccnn4)n(-c4ccc(OCC(C)(C)O)cc4)c(=O)n3C[C@H]2C)ccc1Br. The number of nitrogens with zero attached hydrogens (tertiary/aromatic N) is 5. The van der Waals surface area contributed by atoms with Gasteiger partial charge in [-0.3, -0.25) is 18.7 Å². The summed E-state index contributed by atoms with van der Waals surface area (Å²) >= 11 is 3.50. The standard InChI is InChI=1S/C37H37BrN6O5/c1-23-18-25(11-16-30(23)38)35(46)42-21-32-33(34(45)39-19-26-8-5-6-9-29(26)31-10-7-17-40-41-31)44(36(47)43(32)20-24(42)2)27-12-14-28(15-13-27)49-22-37(3,4)48/h5-18,24,48H,19-22H2,1-4H3,(H,39,45)/t24-/m1/s1. The first kappa shape index (κ1) is 33.8. The molecule has 1 aliphatic heterocycles. The molecule has 0 unspecified atom stereocenters. The summed E-state index contributed by atoms with van der Waals surface area (Å²) in [5.41, 5.74) is 3.40. The zero-order chi connectivity index (χ0) is 34.9. The lowest BCUT2D eigenvalue weighted by molar-refractivity contribution is 0.0285. The Bertz CT molecular complexity index is 2070. The van der Waals surface area contributed by atoms with Crippen molar-refractivity contribution in [1.82, 2.24) is 29.5 Å². The third-order valence-electron chi connectivity index (χ3n) is 8.42. The number of aryl methyl sites for hydroxylation is 1. The van der Waals surface area contributed by atoms with E-state index in [-0.39, 0.29) is 49.6 Å². The maximum Gasteiger partial charge on any atom is 0.333 e. The summed E-state index contributed by atoms with van der Waals surface area (Å²) in [6, 6.07) is 23.2. The molecule has 2 aromatic heterocycles. The molecule has 3 aromatic carbocycles. The Labute approximate surface area is 292 Å². The number of ether oxygens (including phenoxy) is 1. The minimum absolute atomic E-state index is 0.0586. The second kappa shape index (κ2) is 13.8. The normalized spacial score (nSPS) is 14.3. The molecule has 0 fully saturated rings. The second-order valence-corrected chi connectivity index (χ2v) is 13.7. The zero-order valence-corrected chi connectivity index (χ0v) is 29.3. The number of amides is 2. The molecule has 11 nitrogen and oxygen atoms in total. The number of aromatic nitrogens is 4. The van der Waals surface area contributed by atoms with Crippen LogP contribution in [0, 0.1) is 6.92 Å². The Morgan fingerprint density at radius 1 is 1.06 bits per heavy atom. The predicted octanol–water partition coefficient (Wildman–Crippen LogP) is 5.29. The Balaban J connectivity index is 1.38. The van der Waals surface area contributed by atoms with E-state index in [2.05, 4.69) is 31.4 Å². The summed E-state index contributed by atoms with van der Waals surface area (Å²) in [7, 11) is 0. The lowest BCUT2D eigenvalue weighted by atomic mass is 10.0. The van der Waals surface area contributed by atoms with Crippen LogP contribution in [0.2, 0.25) is 0 Å². The van der Waals surface area contributed by atoms with Crippen LogP contribution in [0.1, 0.15) is 58.4 Å². The molecule has 0 aliphatic carbocycles. The molecule has 5 aromatic rings. The summed E-state index contributed by atoms with van der Waals surface area (Å²) < 4.78 is 9.60. The Kier molecular flexibility index (Phi) is 9.53. The molecule has 3 heterocycles. The number of carbonyl (C=O) groups excluding carboxylic acids is 2. The van der Waals surface area contributed by atoms with E-state index < -0.39 is 11.5 Å². The predicted molar refractivity (Wildman–Crippen MR) is 189 cm³/mol. The van der Waals surface area contributed by atoms with Gasteiger partial charge in [0, 0.05) is 40.9 Å². The lowest BCUT2D eigenvalue weighted by Crippen LogP contribution is -2.47. The zero-order valence-electron chi connectivity index (χ0n) is 27.7. The van der Waals surface area contributed by atoms with Crippen LogP contribution in [0.3, 0.4) is 0 Å². The fourth-order valence-corrected chi connectivity index (χ4v) is 6.13. The summed E-state index contributed by atoms with van der Waals surface area (Å²) in [4.78, 5) is 43.9. The quantitative estimate of drug-likeness (QED) is 0.211. The van der Waals surface area contributed by atoms with Crippen molar-refractivity contribution in [3.05, 3.63) is 128 Å². The second-order valence-electron chi connectivity index (χ2n) is 12.8. The average molecular weight is 726 g/mol. The van der Waals surface area contributed by atoms with Gasteiger partial charge in [-0.1, -0.05) is 40.2 Å². The molecular weight excluding hydrogens is 688 g/mol. The molecule has 252 valence electrons. The summed E-state index contributed by atoms with van der Waals surface area (Å²) in [6.07, 6.45) is 1.60. The molecule has 12 heteroatoms. The first-order valence-electron chi connectivity index (χ1n) is 15.9. The third-order valence-corrected chi connectivity index (χ3v) is 9.31. The van der Waals surface area contributed by atoms with Crippen LogP contribution in [-0.2, 0) is 19.6 Å². The number of rotatable bonds is 9. The Morgan fingerprint density at radius 2 is 1.82 bits per heavy atom. The molecule has 0 radical (unpaired) electrons. The topological polar surface area (TPSA) is 132 Å². The van der Waals surface area contributed by atoms with Crippen molar-refractivity contribution in [2.24, 2.45) is 0 Å². The van der Waals surface area contributed by atoms with Crippen LogP contribution in [-0.4, -0.2) is 59.4 Å². The van der Waals surface area contributed by atoms with Crippen molar-refractivity contribution in [3.8, 4) is 22.7 Å². The molecule has 6 rings (SSSR count). The highest BCUT2D eigenvalue weighted by Gasteiger charge is 2.35. The molecule has 0 saturated heterocycles. The third kappa shape index (κ3) is 7.20. The first-order chi connectivity index (χ1) is 23.4. The van der Waals surface area contributed by atoms with Crippen LogP contribution in [0.5, 0.6) is 5.75 Å². The van der Waals surface area contributed by atoms with Crippen molar-refractivity contribution < 1.29 is 19.4 Å². The van der Waals surface area contributed by atoms with E-state index in [1.807, 2.05) is 56.3 Å². The van der Waals surface area contributed by atoms with Crippen LogP contribution in [0.25, 0.3) is 16.9 Å². The molecule has 2 amide bonds. The highest BCUT2D eigenvalue weighted by molar-refractivity contribution is 9.10. The largest absolute Gasteiger partial charge is 0.491 e. The van der Waals surface area contributed by atoms with Crippen molar-refractivity contribution in [2.75, 3.05) is 6.61 Å². The Hall–Kier alpha value is -5.07. The average Bonchev–Trinajstić information content (AvgIpc) is 3.38. The van der Waals surface area contributed by atoms with Gasteiger partial charge in [-0.25, -0.2) is 4.79 Å². The van der Waals surface area contributed by atoms with E-state index >= 15 is 0 Å². The van der Waals surface area contributed by atoms with Gasteiger partial charge in [0.25, 0.3) is 11.8 Å². The van der Waals surface area contributed by atoms with Gasteiger partial charge < -0.3 is 20.1 Å². The maximum absolute atomic E-state index is 14.3. The number of fused-ring (bicyclic) bond motifs is 1. The first-order valence-corrected chi connectivity index (χ1v) is 16.7. The van der Waals surface area contributed by atoms with Gasteiger partial charge in [0.15, 0.2) is 0 Å². The van der Waals surface area contributed by atoms with Gasteiger partial charge in [0.05, 0.1) is 29.2 Å². The number of imidazole rings is 1. The van der Waals surface area contributed by atoms with Gasteiger partial charge >= 0.3 is 5.69 Å². The van der Waals surface area contributed by atoms with Crippen molar-refractivity contribution in [1.29, 1.82) is 0 Å². The molecule has 1 atom stereocenters. The molecule has 0 bridgehead atoms. The molecule has 0 spiro atoms. The fourth-order valence-electron chi connectivity index (χ4n) is 5.88. The maximum atomic E-state index is 14.3. The minimum Gasteiger partial charge on any atom is -0.491 e. The van der Waals surface area contributed by atoms with E-state index in [0.29, 0.717) is 28.4 Å². The van der Waals surface area contributed by atoms with Gasteiger partial charge in [-0.05, 0) is 93.4 Å². The Morgan fingerprint density at radius 3 is 2.51 bits per heavy atom. The highest BCUT2D eigenvalue weighted by atomic mass is 79.9. The number of benzene rings is 3. The number of hydrogen-bond acceptors (Lipinski definition) is 7. The number of aliphatic hydroxyl groups is 1. The van der Waals surface area contributed by atoms with Gasteiger partial charge in [0.2, 0.25) is 0 Å². The summed E-state index contributed by atoms with van der Waals surface area (Å²) in [6.45, 7) is 7.63. The van der Waals surface area contributed by atoms with Crippen LogP contribution < -0.4 is 15.7 Å². The molecule has 2 N–H and O–H groups in total. The van der Waals surface area contributed by atoms with E-state index in [1.54, 1.807) is 65.9 Å². The van der Waals surface area contributed by atoms with Crippen LogP contribution in [0.15, 0.2) is 94.3 Å². The summed E-state index contributed by atoms with van der Waals surface area (Å²) in [5, 5.41) is 21.3. The number of carbonyl (C=O) groups is 2. The minimum atomic E-state index is -1.02. The number of halogens is 1. The van der Waals surface area contributed by atoms with E-state index in [4.69, 9.17) is 4.74 Å². The smallest absolute Gasteiger partial charge is 0.333 e. The lowest BCUT2D eigenvalue weighted by Gasteiger charge is -2.34. The number of nitrogens with one attached hydrogen (secondary N) is 1. The molecule has 1 aliphatic rings. The monoisotopic (exact) mass is 724 g/mol. The van der Waals surface area contributed by atoms with E-state index in [9.17, 15) is 19.5 Å². The number of hydrogen-bond donors (Lipinski definition) is 2. The molecular formula is C37H37BrN6O5. The van der Waals surface area contributed by atoms with Crippen LogP contribution in [0.4, 0.5) is 0 Å². The van der Waals surface area contributed by atoms with Crippen molar-refractivity contribution in [3.63, 3.8) is 0 Å². The van der Waals surface area contributed by atoms with Gasteiger partial charge in [-0.2, -0.15) is 10.2 Å². The highest BCUT2D eigenvalue weighted by Crippen LogP contribution is 2.27. The fraction of sp³-hybridized carbons (Fsp3) is 0.270. The molecule has 49 heavy (non-hydrogen) atoms. The van der Waals surface area contributed by atoms with Crippen LogP contribution >= 0.6 is 15.9 Å². The molecule has 0 saturated carbocycles. The van der Waals surface area contributed by atoms with E-state index in [0.717, 1.165) is 21.2 Å². The summed E-state index contributed by atoms with van der Waals surface area (Å²) in [5.74, 6) is -0.152. The van der Waals surface area contributed by atoms with Crippen molar-refractivity contribution >= 4 is 27.7 Å².